The van der Waals surface area contributed by atoms with Crippen LogP contribution in [0.5, 0.6) is 0 Å². The fourth-order valence-corrected chi connectivity index (χ4v) is 4.87. The summed E-state index contributed by atoms with van der Waals surface area (Å²) in [4.78, 5) is 38.1. The Bertz CT molecular complexity index is 1040. The van der Waals surface area contributed by atoms with Crippen molar-refractivity contribution in [3.05, 3.63) is 59.7 Å². The minimum absolute atomic E-state index is 0.00717. The zero-order valence-corrected chi connectivity index (χ0v) is 19.3. The second-order valence-corrected chi connectivity index (χ2v) is 9.31. The molecular formula is C26H30N2O6. The van der Waals surface area contributed by atoms with Crippen molar-refractivity contribution in [1.82, 2.24) is 10.2 Å². The summed E-state index contributed by atoms with van der Waals surface area (Å²) in [5, 5.41) is 22.0. The van der Waals surface area contributed by atoms with Crippen molar-refractivity contribution in [2.45, 2.75) is 50.8 Å². The van der Waals surface area contributed by atoms with Crippen molar-refractivity contribution < 1.29 is 29.3 Å². The van der Waals surface area contributed by atoms with Gasteiger partial charge in [0.2, 0.25) is 5.91 Å². The van der Waals surface area contributed by atoms with Crippen LogP contribution in [0.2, 0.25) is 0 Å². The van der Waals surface area contributed by atoms with E-state index in [-0.39, 0.29) is 37.8 Å². The van der Waals surface area contributed by atoms with Crippen LogP contribution < -0.4 is 5.32 Å². The Kier molecular flexibility index (Phi) is 6.88. The highest BCUT2D eigenvalue weighted by atomic mass is 16.5. The molecule has 3 atom stereocenters. The van der Waals surface area contributed by atoms with Crippen LogP contribution in [0, 0.1) is 5.92 Å². The highest BCUT2D eigenvalue weighted by Gasteiger charge is 2.39. The van der Waals surface area contributed by atoms with E-state index in [0.717, 1.165) is 22.3 Å². The van der Waals surface area contributed by atoms with Crippen molar-refractivity contribution in [3.63, 3.8) is 0 Å². The summed E-state index contributed by atoms with van der Waals surface area (Å²) in [6.07, 6.45) is -1.55. The van der Waals surface area contributed by atoms with Gasteiger partial charge in [0.15, 0.2) is 0 Å². The fourth-order valence-electron chi connectivity index (χ4n) is 4.87. The first-order chi connectivity index (χ1) is 16.3. The summed E-state index contributed by atoms with van der Waals surface area (Å²) >= 11 is 0. The van der Waals surface area contributed by atoms with Crippen LogP contribution in [0.25, 0.3) is 11.1 Å². The molecule has 2 amide bonds. The first-order valence-electron chi connectivity index (χ1n) is 11.6. The molecule has 0 radical (unpaired) electrons. The molecule has 3 N–H and O–H groups in total. The van der Waals surface area contributed by atoms with E-state index < -0.39 is 36.2 Å². The van der Waals surface area contributed by atoms with Crippen LogP contribution in [-0.4, -0.2) is 64.4 Å². The first-order valence-corrected chi connectivity index (χ1v) is 11.6. The van der Waals surface area contributed by atoms with Crippen molar-refractivity contribution >= 4 is 18.0 Å². The lowest BCUT2D eigenvalue weighted by Gasteiger charge is -2.27. The number of carboxylic acid groups (broad SMARTS) is 1. The summed E-state index contributed by atoms with van der Waals surface area (Å²) < 4.78 is 5.59. The van der Waals surface area contributed by atoms with E-state index in [0.29, 0.717) is 0 Å². The van der Waals surface area contributed by atoms with E-state index >= 15 is 0 Å². The van der Waals surface area contributed by atoms with Gasteiger partial charge in [-0.25, -0.2) is 9.59 Å². The van der Waals surface area contributed by atoms with Crippen LogP contribution >= 0.6 is 0 Å². The molecule has 0 saturated carbocycles. The maximum Gasteiger partial charge on any atom is 0.407 e. The van der Waals surface area contributed by atoms with Crippen LogP contribution in [0.1, 0.15) is 43.7 Å². The predicted molar refractivity (Wildman–Crippen MR) is 125 cm³/mol. The van der Waals surface area contributed by atoms with Gasteiger partial charge in [-0.2, -0.15) is 0 Å². The van der Waals surface area contributed by atoms with Crippen molar-refractivity contribution in [2.75, 3.05) is 13.2 Å². The van der Waals surface area contributed by atoms with Gasteiger partial charge in [0.05, 0.1) is 6.10 Å². The number of hydrogen-bond acceptors (Lipinski definition) is 5. The van der Waals surface area contributed by atoms with E-state index in [1.165, 1.54) is 4.90 Å². The third kappa shape index (κ3) is 4.77. The van der Waals surface area contributed by atoms with Gasteiger partial charge in [0.1, 0.15) is 12.6 Å². The number of carbonyl (C=O) groups excluding carboxylic acids is 2. The lowest BCUT2D eigenvalue weighted by Crippen LogP contribution is -2.46. The number of alkyl carbamates (subject to hydrolysis) is 1. The number of aliphatic hydroxyl groups is 1. The van der Waals surface area contributed by atoms with Gasteiger partial charge < -0.3 is 25.2 Å². The molecule has 2 aromatic carbocycles. The Morgan fingerprint density at radius 1 is 1.06 bits per heavy atom. The quantitative estimate of drug-likeness (QED) is 0.578. The molecule has 1 unspecified atom stereocenters. The SMILES string of the molecule is CC(C)[C@H](CC(=O)N1CC(O)C[C@H]1C(=O)O)NC(=O)OCC1c2ccccc2-c2ccccc21. The monoisotopic (exact) mass is 466 g/mol. The topological polar surface area (TPSA) is 116 Å². The number of ether oxygens (including phenoxy) is 1. The molecule has 2 aromatic rings. The van der Waals surface area contributed by atoms with E-state index in [1.54, 1.807) is 0 Å². The molecule has 34 heavy (non-hydrogen) atoms. The molecular weight excluding hydrogens is 436 g/mol. The molecule has 1 saturated heterocycles. The average molecular weight is 467 g/mol. The number of hydrogen-bond donors (Lipinski definition) is 3. The van der Waals surface area contributed by atoms with Gasteiger partial charge in [-0.15, -0.1) is 0 Å². The zero-order chi connectivity index (χ0) is 24.4. The lowest BCUT2D eigenvalue weighted by atomic mass is 9.98. The molecule has 0 bridgehead atoms. The molecule has 2 aliphatic rings. The molecule has 0 aromatic heterocycles. The maximum atomic E-state index is 12.8. The average Bonchev–Trinajstić information content (AvgIpc) is 3.35. The Morgan fingerprint density at radius 3 is 2.21 bits per heavy atom. The third-order valence-corrected chi connectivity index (χ3v) is 6.73. The standard InChI is InChI=1S/C26H30N2O6/c1-15(2)22(12-24(30)28-13-16(29)11-23(28)25(31)32)27-26(33)34-14-21-19-9-5-3-7-17(19)18-8-4-6-10-20(18)21/h3-10,15-16,21-23,29H,11-14H2,1-2H3,(H,27,33)(H,31,32)/t16?,22-,23-/m0/s1. The van der Waals surface area contributed by atoms with Gasteiger partial charge in [0.25, 0.3) is 0 Å². The molecule has 8 heteroatoms. The number of aliphatic hydroxyl groups excluding tert-OH is 1. The van der Waals surface area contributed by atoms with Gasteiger partial charge in [-0.05, 0) is 28.2 Å². The molecule has 1 aliphatic heterocycles. The van der Waals surface area contributed by atoms with Gasteiger partial charge in [0, 0.05) is 31.3 Å². The van der Waals surface area contributed by atoms with Crippen molar-refractivity contribution in [1.29, 1.82) is 0 Å². The van der Waals surface area contributed by atoms with Gasteiger partial charge in [-0.1, -0.05) is 62.4 Å². The predicted octanol–water partition coefficient (Wildman–Crippen LogP) is 2.99. The van der Waals surface area contributed by atoms with Crippen LogP contribution in [0.4, 0.5) is 4.79 Å². The second-order valence-electron chi connectivity index (χ2n) is 9.31. The highest BCUT2D eigenvalue weighted by molar-refractivity contribution is 5.85. The van der Waals surface area contributed by atoms with Gasteiger partial charge >= 0.3 is 12.1 Å². The number of carboxylic acids is 1. The smallest absolute Gasteiger partial charge is 0.407 e. The zero-order valence-electron chi connectivity index (χ0n) is 19.3. The summed E-state index contributed by atoms with van der Waals surface area (Å²) in [6.45, 7) is 3.88. The number of fused-ring (bicyclic) bond motifs is 3. The number of benzene rings is 2. The van der Waals surface area contributed by atoms with E-state index in [1.807, 2.05) is 50.2 Å². The Hall–Kier alpha value is -3.39. The third-order valence-electron chi connectivity index (χ3n) is 6.73. The number of rotatable bonds is 7. The first kappa shape index (κ1) is 23.8. The summed E-state index contributed by atoms with van der Waals surface area (Å²) in [6, 6.07) is 14.5. The maximum absolute atomic E-state index is 12.8. The number of likely N-dealkylation sites (tertiary alicyclic amines) is 1. The molecule has 180 valence electrons. The van der Waals surface area contributed by atoms with Crippen LogP contribution in [0.3, 0.4) is 0 Å². The van der Waals surface area contributed by atoms with Gasteiger partial charge in [-0.3, -0.25) is 4.79 Å². The number of nitrogens with one attached hydrogen (secondary N) is 1. The molecule has 1 fully saturated rings. The fraction of sp³-hybridized carbons (Fsp3) is 0.423. The number of nitrogens with zero attached hydrogens (tertiary/aromatic N) is 1. The number of aliphatic carboxylic acids is 1. The largest absolute Gasteiger partial charge is 0.480 e. The minimum Gasteiger partial charge on any atom is -0.480 e. The second kappa shape index (κ2) is 9.85. The Balaban J connectivity index is 1.39. The van der Waals surface area contributed by atoms with E-state index in [2.05, 4.69) is 17.4 Å². The highest BCUT2D eigenvalue weighted by Crippen LogP contribution is 2.44. The van der Waals surface area contributed by atoms with Crippen LogP contribution in [0.15, 0.2) is 48.5 Å². The summed E-state index contributed by atoms with van der Waals surface area (Å²) in [5.41, 5.74) is 4.50. The van der Waals surface area contributed by atoms with E-state index in [9.17, 15) is 24.6 Å². The minimum atomic E-state index is -1.14. The van der Waals surface area contributed by atoms with E-state index in [4.69, 9.17) is 4.74 Å². The number of β-amino-alcohol motifs (C(OH)–C–C–N with tert-alkyl or cyclic N) is 1. The summed E-state index contributed by atoms with van der Waals surface area (Å²) in [5.74, 6) is -1.71. The molecule has 1 heterocycles. The van der Waals surface area contributed by atoms with Crippen molar-refractivity contribution in [2.24, 2.45) is 5.92 Å². The Morgan fingerprint density at radius 2 is 1.65 bits per heavy atom. The van der Waals surface area contributed by atoms with Crippen molar-refractivity contribution in [3.8, 4) is 11.1 Å². The molecule has 4 rings (SSSR count). The molecule has 8 nitrogen and oxygen atoms in total. The Labute approximate surface area is 198 Å². The normalized spacial score (nSPS) is 20.1. The summed E-state index contributed by atoms with van der Waals surface area (Å²) in [7, 11) is 0. The number of carbonyl (C=O) groups is 3. The molecule has 0 spiro atoms. The number of amides is 2. The molecule has 1 aliphatic carbocycles. The lowest BCUT2D eigenvalue weighted by molar-refractivity contribution is -0.148. The van der Waals surface area contributed by atoms with Crippen LogP contribution in [-0.2, 0) is 14.3 Å².